The fourth-order valence-electron chi connectivity index (χ4n) is 1.48. The average molecular weight is 349 g/mol. The topological polar surface area (TPSA) is 86.3 Å². The maximum absolute atomic E-state index is 12.1. The SMILES string of the molecule is CC[C@@H](C)[C@@H](NS(=O)(=O)c1ccc(Br)cc1)C(=O)[O-]. The Morgan fingerprint density at radius 2 is 1.89 bits per heavy atom. The van der Waals surface area contributed by atoms with Crippen molar-refractivity contribution in [1.29, 1.82) is 0 Å². The molecule has 0 radical (unpaired) electrons. The van der Waals surface area contributed by atoms with Crippen LogP contribution in [0.5, 0.6) is 0 Å². The molecule has 0 spiro atoms. The molecule has 0 fully saturated rings. The largest absolute Gasteiger partial charge is 0.548 e. The van der Waals surface area contributed by atoms with Crippen molar-refractivity contribution in [2.24, 2.45) is 5.92 Å². The van der Waals surface area contributed by atoms with E-state index in [2.05, 4.69) is 20.7 Å². The number of hydrogen-bond donors (Lipinski definition) is 1. The van der Waals surface area contributed by atoms with E-state index in [1.54, 1.807) is 26.0 Å². The van der Waals surface area contributed by atoms with Crippen LogP contribution in [0.15, 0.2) is 33.6 Å². The highest BCUT2D eigenvalue weighted by atomic mass is 79.9. The third-order valence-electron chi connectivity index (χ3n) is 2.87. The molecule has 0 aliphatic heterocycles. The van der Waals surface area contributed by atoms with E-state index < -0.39 is 22.0 Å². The van der Waals surface area contributed by atoms with E-state index in [4.69, 9.17) is 0 Å². The minimum absolute atomic E-state index is 0.0188. The summed E-state index contributed by atoms with van der Waals surface area (Å²) in [6.07, 6.45) is 0.529. The molecular weight excluding hydrogens is 334 g/mol. The molecule has 106 valence electrons. The van der Waals surface area contributed by atoms with Gasteiger partial charge in [0.25, 0.3) is 0 Å². The summed E-state index contributed by atoms with van der Waals surface area (Å²) < 4.78 is 27.0. The normalized spacial score (nSPS) is 14.9. The van der Waals surface area contributed by atoms with Crippen molar-refractivity contribution < 1.29 is 18.3 Å². The fraction of sp³-hybridized carbons (Fsp3) is 0.417. The second-order valence-corrected chi connectivity index (χ2v) is 6.89. The number of carboxylic acids is 1. The molecule has 0 bridgehead atoms. The summed E-state index contributed by atoms with van der Waals surface area (Å²) in [4.78, 5) is 11.0. The van der Waals surface area contributed by atoms with E-state index in [1.165, 1.54) is 12.1 Å². The van der Waals surface area contributed by atoms with Crippen LogP contribution < -0.4 is 9.83 Å². The molecule has 1 aromatic carbocycles. The van der Waals surface area contributed by atoms with Crippen LogP contribution in [0.2, 0.25) is 0 Å². The first-order chi connectivity index (χ1) is 8.77. The minimum Gasteiger partial charge on any atom is -0.548 e. The second-order valence-electron chi connectivity index (χ2n) is 4.26. The molecule has 5 nitrogen and oxygen atoms in total. The molecule has 0 unspecified atom stereocenters. The van der Waals surface area contributed by atoms with Crippen LogP contribution >= 0.6 is 15.9 Å². The van der Waals surface area contributed by atoms with Gasteiger partial charge in [0.15, 0.2) is 0 Å². The summed E-state index contributed by atoms with van der Waals surface area (Å²) in [6, 6.07) is 4.71. The van der Waals surface area contributed by atoms with Crippen molar-refractivity contribution in [3.05, 3.63) is 28.7 Å². The Morgan fingerprint density at radius 1 is 1.37 bits per heavy atom. The van der Waals surface area contributed by atoms with Crippen molar-refractivity contribution in [2.45, 2.75) is 31.2 Å². The van der Waals surface area contributed by atoms with Crippen LogP contribution in [0.3, 0.4) is 0 Å². The standard InChI is InChI=1S/C12H16BrNO4S/c1-3-8(2)11(12(15)16)14-19(17,18)10-6-4-9(13)5-7-10/h4-8,11,14H,3H2,1-2H3,(H,15,16)/p-1/t8-,11-/m1/s1. The molecule has 1 N–H and O–H groups in total. The second kappa shape index (κ2) is 6.49. The fourth-order valence-corrected chi connectivity index (χ4v) is 3.04. The Morgan fingerprint density at radius 3 is 2.32 bits per heavy atom. The number of sulfonamides is 1. The number of rotatable bonds is 6. The first-order valence-corrected chi connectivity index (χ1v) is 8.04. The molecule has 7 heteroatoms. The smallest absolute Gasteiger partial charge is 0.241 e. The zero-order chi connectivity index (χ0) is 14.6. The van der Waals surface area contributed by atoms with Crippen molar-refractivity contribution in [2.75, 3.05) is 0 Å². The van der Waals surface area contributed by atoms with Crippen LogP contribution in [0.1, 0.15) is 20.3 Å². The third-order valence-corrected chi connectivity index (χ3v) is 4.86. The molecule has 1 aromatic rings. The Balaban J connectivity index is 3.00. The van der Waals surface area contributed by atoms with Crippen LogP contribution in [-0.2, 0) is 14.8 Å². The minimum atomic E-state index is -3.87. The number of carbonyl (C=O) groups excluding carboxylic acids is 1. The molecule has 0 heterocycles. The molecule has 0 amide bonds. The lowest BCUT2D eigenvalue weighted by molar-refractivity contribution is -0.309. The number of nitrogens with one attached hydrogen (secondary N) is 1. The van der Waals surface area contributed by atoms with Gasteiger partial charge < -0.3 is 9.90 Å². The van der Waals surface area contributed by atoms with E-state index in [-0.39, 0.29) is 10.8 Å². The lowest BCUT2D eigenvalue weighted by atomic mass is 10.0. The molecule has 0 saturated heterocycles. The number of carbonyl (C=O) groups is 1. The lowest BCUT2D eigenvalue weighted by Crippen LogP contribution is -2.51. The molecule has 1 rings (SSSR count). The summed E-state index contributed by atoms with van der Waals surface area (Å²) in [5, 5.41) is 11.0. The molecule has 0 aromatic heterocycles. The Bertz CT molecular complexity index is 541. The highest BCUT2D eigenvalue weighted by molar-refractivity contribution is 9.10. The van der Waals surface area contributed by atoms with Gasteiger partial charge in [0.05, 0.1) is 16.9 Å². The highest BCUT2D eigenvalue weighted by Gasteiger charge is 2.24. The van der Waals surface area contributed by atoms with Gasteiger partial charge in [-0.3, -0.25) is 0 Å². The maximum atomic E-state index is 12.1. The predicted molar refractivity (Wildman–Crippen MR) is 72.7 cm³/mol. The quantitative estimate of drug-likeness (QED) is 0.827. The van der Waals surface area contributed by atoms with Crippen molar-refractivity contribution in [3.63, 3.8) is 0 Å². The van der Waals surface area contributed by atoms with E-state index in [9.17, 15) is 18.3 Å². The Hall–Kier alpha value is -0.920. The summed E-state index contributed by atoms with van der Waals surface area (Å²) in [5.74, 6) is -1.77. The maximum Gasteiger partial charge on any atom is 0.241 e. The zero-order valence-electron chi connectivity index (χ0n) is 10.6. The van der Waals surface area contributed by atoms with Gasteiger partial charge in [-0.1, -0.05) is 36.2 Å². The zero-order valence-corrected chi connectivity index (χ0v) is 13.0. The number of carboxylic acid groups (broad SMARTS) is 1. The summed E-state index contributed by atoms with van der Waals surface area (Å²) in [7, 11) is -3.87. The molecule has 0 aliphatic carbocycles. The van der Waals surface area contributed by atoms with E-state index >= 15 is 0 Å². The number of halogens is 1. The summed E-state index contributed by atoms with van der Waals surface area (Å²) >= 11 is 3.20. The van der Waals surface area contributed by atoms with Gasteiger partial charge in [0, 0.05) is 4.47 Å². The number of hydrogen-bond acceptors (Lipinski definition) is 4. The number of aliphatic carboxylic acids is 1. The van der Waals surface area contributed by atoms with Gasteiger partial charge in [-0.2, -0.15) is 0 Å². The van der Waals surface area contributed by atoms with Crippen molar-refractivity contribution >= 4 is 31.9 Å². The van der Waals surface area contributed by atoms with Crippen molar-refractivity contribution in [3.8, 4) is 0 Å². The lowest BCUT2D eigenvalue weighted by Gasteiger charge is -2.24. The van der Waals surface area contributed by atoms with Crippen LogP contribution in [0, 0.1) is 5.92 Å². The molecule has 19 heavy (non-hydrogen) atoms. The van der Waals surface area contributed by atoms with Gasteiger partial charge in [0.1, 0.15) is 0 Å². The van der Waals surface area contributed by atoms with E-state index in [0.717, 1.165) is 4.47 Å². The van der Waals surface area contributed by atoms with Gasteiger partial charge in [0.2, 0.25) is 10.0 Å². The van der Waals surface area contributed by atoms with E-state index in [0.29, 0.717) is 6.42 Å². The third kappa shape index (κ3) is 4.29. The first-order valence-electron chi connectivity index (χ1n) is 5.76. The summed E-state index contributed by atoms with van der Waals surface area (Å²) in [5.41, 5.74) is 0. The van der Waals surface area contributed by atoms with Gasteiger partial charge in [-0.25, -0.2) is 13.1 Å². The van der Waals surface area contributed by atoms with E-state index in [1.807, 2.05) is 0 Å². The summed E-state index contributed by atoms with van der Waals surface area (Å²) in [6.45, 7) is 3.44. The van der Waals surface area contributed by atoms with Crippen LogP contribution in [-0.4, -0.2) is 20.4 Å². The monoisotopic (exact) mass is 348 g/mol. The predicted octanol–water partition coefficient (Wildman–Crippen LogP) is 0.892. The van der Waals surface area contributed by atoms with Crippen LogP contribution in [0.25, 0.3) is 0 Å². The molecule has 2 atom stereocenters. The average Bonchev–Trinajstić information content (AvgIpc) is 2.35. The van der Waals surface area contributed by atoms with Crippen LogP contribution in [0.4, 0.5) is 0 Å². The molecule has 0 saturated carbocycles. The van der Waals surface area contributed by atoms with Crippen molar-refractivity contribution in [1.82, 2.24) is 4.72 Å². The molecule has 0 aliphatic rings. The Labute approximate surface area is 121 Å². The van der Waals surface area contributed by atoms with Gasteiger partial charge >= 0.3 is 0 Å². The van der Waals surface area contributed by atoms with Gasteiger partial charge in [-0.15, -0.1) is 0 Å². The van der Waals surface area contributed by atoms with Gasteiger partial charge in [-0.05, 0) is 30.2 Å². The first kappa shape index (κ1) is 16.1. The number of benzene rings is 1. The highest BCUT2D eigenvalue weighted by Crippen LogP contribution is 2.16. The Kier molecular flexibility index (Phi) is 5.51. The molecular formula is C12H15BrNO4S-.